The number of nitrogen functional groups attached to an aromatic ring is 2. The predicted octanol–water partition coefficient (Wildman–Crippen LogP) is 2.32. The average molecular weight is 290 g/mol. The maximum atomic E-state index is 12.3. The number of esters is 1. The van der Waals surface area contributed by atoms with Crippen molar-refractivity contribution in [1.29, 1.82) is 0 Å². The van der Waals surface area contributed by atoms with Gasteiger partial charge in [0.1, 0.15) is 15.4 Å². The van der Waals surface area contributed by atoms with E-state index in [1.807, 2.05) is 6.07 Å². The molecule has 1 aromatic heterocycles. The Balaban J connectivity index is 2.42. The molecule has 20 heavy (non-hydrogen) atoms. The summed E-state index contributed by atoms with van der Waals surface area (Å²) >= 11 is 1.00. The molecule has 2 rings (SSSR count). The maximum absolute atomic E-state index is 12.3. The standard InChI is InChI=1S/C14H14N2O3S/c1-2-19-14(18)9-10(15)12(20-13(9)16)11(17)8-6-4-3-5-7-8/h3-7H,2,15-16H2,1H3. The van der Waals surface area contributed by atoms with Gasteiger partial charge in [-0.15, -0.1) is 11.3 Å². The van der Waals surface area contributed by atoms with Crippen LogP contribution in [0.4, 0.5) is 10.7 Å². The molecule has 6 heteroatoms. The van der Waals surface area contributed by atoms with E-state index in [0.29, 0.717) is 5.56 Å². The smallest absolute Gasteiger partial charge is 0.343 e. The van der Waals surface area contributed by atoms with Gasteiger partial charge in [0.15, 0.2) is 0 Å². The highest BCUT2D eigenvalue weighted by molar-refractivity contribution is 7.19. The van der Waals surface area contributed by atoms with Crippen LogP contribution in [0, 0.1) is 0 Å². The summed E-state index contributed by atoms with van der Waals surface area (Å²) in [5, 5.41) is 0.195. The second-order valence-electron chi connectivity index (χ2n) is 4.00. The number of ether oxygens (including phenoxy) is 1. The van der Waals surface area contributed by atoms with E-state index in [2.05, 4.69) is 0 Å². The van der Waals surface area contributed by atoms with Crippen LogP contribution in [0.5, 0.6) is 0 Å². The molecule has 0 amide bonds. The predicted molar refractivity (Wildman–Crippen MR) is 79.0 cm³/mol. The summed E-state index contributed by atoms with van der Waals surface area (Å²) < 4.78 is 4.88. The Morgan fingerprint density at radius 3 is 2.45 bits per heavy atom. The van der Waals surface area contributed by atoms with E-state index >= 15 is 0 Å². The molecule has 0 fully saturated rings. The molecule has 0 aliphatic rings. The number of carbonyl (C=O) groups is 2. The Morgan fingerprint density at radius 1 is 1.20 bits per heavy atom. The van der Waals surface area contributed by atoms with E-state index in [1.54, 1.807) is 31.2 Å². The fourth-order valence-electron chi connectivity index (χ4n) is 1.77. The van der Waals surface area contributed by atoms with Crippen molar-refractivity contribution in [2.45, 2.75) is 6.92 Å². The summed E-state index contributed by atoms with van der Waals surface area (Å²) in [6.45, 7) is 1.90. The monoisotopic (exact) mass is 290 g/mol. The van der Waals surface area contributed by atoms with Crippen molar-refractivity contribution >= 4 is 33.8 Å². The molecule has 0 aliphatic heterocycles. The minimum Gasteiger partial charge on any atom is -0.462 e. The average Bonchev–Trinajstić information content (AvgIpc) is 2.74. The van der Waals surface area contributed by atoms with Gasteiger partial charge in [0.25, 0.3) is 0 Å². The molecule has 0 spiro atoms. The summed E-state index contributed by atoms with van der Waals surface area (Å²) in [5.41, 5.74) is 12.3. The zero-order valence-electron chi connectivity index (χ0n) is 10.9. The van der Waals surface area contributed by atoms with Gasteiger partial charge in [0, 0.05) is 5.56 Å². The summed E-state index contributed by atoms with van der Waals surface area (Å²) in [5.74, 6) is -0.860. The minimum absolute atomic E-state index is 0.0798. The number of hydrogen-bond acceptors (Lipinski definition) is 6. The summed E-state index contributed by atoms with van der Waals surface area (Å²) in [7, 11) is 0. The molecule has 2 aromatic rings. The first-order valence-electron chi connectivity index (χ1n) is 6.00. The zero-order valence-corrected chi connectivity index (χ0v) is 11.7. The number of hydrogen-bond donors (Lipinski definition) is 2. The molecule has 1 aromatic carbocycles. The normalized spacial score (nSPS) is 10.2. The van der Waals surface area contributed by atoms with Crippen molar-refractivity contribution in [3.05, 3.63) is 46.3 Å². The molecular weight excluding hydrogens is 276 g/mol. The molecule has 0 saturated carbocycles. The molecule has 4 N–H and O–H groups in total. The highest BCUT2D eigenvalue weighted by Crippen LogP contribution is 2.35. The van der Waals surface area contributed by atoms with Crippen molar-refractivity contribution in [3.8, 4) is 0 Å². The number of benzene rings is 1. The first-order chi connectivity index (χ1) is 9.56. The number of nitrogens with two attached hydrogens (primary N) is 2. The van der Waals surface area contributed by atoms with E-state index in [0.717, 1.165) is 11.3 Å². The minimum atomic E-state index is -0.606. The quantitative estimate of drug-likeness (QED) is 0.665. The third kappa shape index (κ3) is 2.50. The zero-order chi connectivity index (χ0) is 14.7. The van der Waals surface area contributed by atoms with Gasteiger partial charge in [-0.25, -0.2) is 4.79 Å². The second kappa shape index (κ2) is 5.75. The van der Waals surface area contributed by atoms with Crippen molar-refractivity contribution < 1.29 is 14.3 Å². The Hall–Kier alpha value is -2.34. The molecule has 104 valence electrons. The Morgan fingerprint density at radius 2 is 1.85 bits per heavy atom. The van der Waals surface area contributed by atoms with E-state index in [-0.39, 0.29) is 33.5 Å². The lowest BCUT2D eigenvalue weighted by Gasteiger charge is -2.02. The summed E-state index contributed by atoms with van der Waals surface area (Å²) in [4.78, 5) is 24.4. The molecular formula is C14H14N2O3S. The van der Waals surface area contributed by atoms with Crippen molar-refractivity contribution in [2.24, 2.45) is 0 Å². The highest BCUT2D eigenvalue weighted by Gasteiger charge is 2.25. The number of thiophene rings is 1. The molecule has 0 atom stereocenters. The molecule has 1 heterocycles. The van der Waals surface area contributed by atoms with E-state index < -0.39 is 5.97 Å². The molecule has 0 unspecified atom stereocenters. The van der Waals surface area contributed by atoms with Gasteiger partial charge in [-0.05, 0) is 6.92 Å². The fraction of sp³-hybridized carbons (Fsp3) is 0.143. The van der Waals surface area contributed by atoms with Gasteiger partial charge >= 0.3 is 5.97 Å². The Labute approximate surface area is 120 Å². The summed E-state index contributed by atoms with van der Waals surface area (Å²) in [6.07, 6.45) is 0. The third-order valence-electron chi connectivity index (χ3n) is 2.69. The van der Waals surface area contributed by atoms with Crippen molar-refractivity contribution in [1.82, 2.24) is 0 Å². The third-order valence-corrected chi connectivity index (χ3v) is 3.73. The van der Waals surface area contributed by atoms with Gasteiger partial charge in [0.05, 0.1) is 12.3 Å². The summed E-state index contributed by atoms with van der Waals surface area (Å²) in [6, 6.07) is 8.69. The van der Waals surface area contributed by atoms with Crippen LogP contribution in [0.15, 0.2) is 30.3 Å². The lowest BCUT2D eigenvalue weighted by molar-refractivity contribution is 0.0529. The molecule has 0 bridgehead atoms. The fourth-order valence-corrected chi connectivity index (χ4v) is 2.70. The second-order valence-corrected chi connectivity index (χ2v) is 5.05. The lowest BCUT2D eigenvalue weighted by Crippen LogP contribution is -2.10. The van der Waals surface area contributed by atoms with Crippen LogP contribution in [0.2, 0.25) is 0 Å². The number of rotatable bonds is 4. The highest BCUT2D eigenvalue weighted by atomic mass is 32.1. The van der Waals surface area contributed by atoms with Crippen molar-refractivity contribution in [3.63, 3.8) is 0 Å². The molecule has 0 aliphatic carbocycles. The van der Waals surface area contributed by atoms with Crippen LogP contribution < -0.4 is 11.5 Å². The Kier molecular flexibility index (Phi) is 4.05. The Bertz CT molecular complexity index is 650. The SMILES string of the molecule is CCOC(=O)c1c(N)sc(C(=O)c2ccccc2)c1N. The van der Waals surface area contributed by atoms with E-state index in [9.17, 15) is 9.59 Å². The van der Waals surface area contributed by atoms with Gasteiger partial charge in [0.2, 0.25) is 5.78 Å². The van der Waals surface area contributed by atoms with Crippen LogP contribution in [-0.2, 0) is 4.74 Å². The van der Waals surface area contributed by atoms with Gasteiger partial charge in [-0.1, -0.05) is 30.3 Å². The van der Waals surface area contributed by atoms with E-state index in [1.165, 1.54) is 0 Å². The molecule has 5 nitrogen and oxygen atoms in total. The van der Waals surface area contributed by atoms with Crippen LogP contribution in [-0.4, -0.2) is 18.4 Å². The maximum Gasteiger partial charge on any atom is 0.343 e. The molecule has 0 saturated heterocycles. The lowest BCUT2D eigenvalue weighted by atomic mass is 10.1. The number of anilines is 2. The van der Waals surface area contributed by atoms with Crippen LogP contribution in [0.1, 0.15) is 32.5 Å². The van der Waals surface area contributed by atoms with Crippen LogP contribution >= 0.6 is 11.3 Å². The van der Waals surface area contributed by atoms with Gasteiger partial charge in [-0.3, -0.25) is 4.79 Å². The number of ketones is 1. The first kappa shape index (κ1) is 14.1. The van der Waals surface area contributed by atoms with E-state index in [4.69, 9.17) is 16.2 Å². The number of carbonyl (C=O) groups excluding carboxylic acids is 2. The van der Waals surface area contributed by atoms with Gasteiger partial charge in [-0.2, -0.15) is 0 Å². The first-order valence-corrected chi connectivity index (χ1v) is 6.82. The molecule has 0 radical (unpaired) electrons. The topological polar surface area (TPSA) is 95.4 Å². The van der Waals surface area contributed by atoms with Crippen LogP contribution in [0.25, 0.3) is 0 Å². The van der Waals surface area contributed by atoms with Crippen LogP contribution in [0.3, 0.4) is 0 Å². The van der Waals surface area contributed by atoms with Gasteiger partial charge < -0.3 is 16.2 Å². The largest absolute Gasteiger partial charge is 0.462 e. The van der Waals surface area contributed by atoms with Crippen molar-refractivity contribution in [2.75, 3.05) is 18.1 Å².